The van der Waals surface area contributed by atoms with Crippen molar-refractivity contribution in [2.75, 3.05) is 26.8 Å². The molecular formula is C14H30N2O2. The highest BCUT2D eigenvalue weighted by Gasteiger charge is 2.29. The van der Waals surface area contributed by atoms with Crippen molar-refractivity contribution in [2.45, 2.75) is 64.3 Å². The molecule has 1 heterocycles. The predicted octanol–water partition coefficient (Wildman–Crippen LogP) is 1.63. The highest BCUT2D eigenvalue weighted by atomic mass is 16.5. The summed E-state index contributed by atoms with van der Waals surface area (Å²) in [6.07, 6.45) is 2.43. The van der Waals surface area contributed by atoms with E-state index in [9.17, 15) is 0 Å². The van der Waals surface area contributed by atoms with E-state index in [1.807, 2.05) is 0 Å². The zero-order chi connectivity index (χ0) is 13.8. The van der Waals surface area contributed by atoms with E-state index in [-0.39, 0.29) is 11.6 Å². The van der Waals surface area contributed by atoms with Crippen LogP contribution in [0.25, 0.3) is 0 Å². The van der Waals surface area contributed by atoms with Crippen LogP contribution in [-0.2, 0) is 9.47 Å². The highest BCUT2D eigenvalue weighted by molar-refractivity contribution is 4.85. The number of morpholine rings is 1. The van der Waals surface area contributed by atoms with Gasteiger partial charge >= 0.3 is 0 Å². The van der Waals surface area contributed by atoms with Gasteiger partial charge in [0.05, 0.1) is 18.3 Å². The van der Waals surface area contributed by atoms with E-state index in [1.165, 1.54) is 0 Å². The number of rotatable bonds is 6. The van der Waals surface area contributed by atoms with Gasteiger partial charge in [-0.2, -0.15) is 0 Å². The summed E-state index contributed by atoms with van der Waals surface area (Å²) in [5, 5.41) is 0. The van der Waals surface area contributed by atoms with Gasteiger partial charge in [-0.25, -0.2) is 0 Å². The highest BCUT2D eigenvalue weighted by Crippen LogP contribution is 2.18. The molecule has 0 radical (unpaired) electrons. The average molecular weight is 258 g/mol. The fourth-order valence-electron chi connectivity index (χ4n) is 2.37. The summed E-state index contributed by atoms with van der Waals surface area (Å²) in [6.45, 7) is 11.3. The second kappa shape index (κ2) is 6.85. The number of nitrogens with two attached hydrogens (primary N) is 1. The molecule has 4 nitrogen and oxygen atoms in total. The van der Waals surface area contributed by atoms with E-state index in [0.717, 1.165) is 32.5 Å². The third-order valence-corrected chi connectivity index (χ3v) is 4.20. The Morgan fingerprint density at radius 3 is 2.72 bits per heavy atom. The maximum absolute atomic E-state index is 6.22. The lowest BCUT2D eigenvalue weighted by molar-refractivity contribution is -0.0606. The molecule has 0 spiro atoms. The summed E-state index contributed by atoms with van der Waals surface area (Å²) in [7, 11) is 1.73. The minimum Gasteiger partial charge on any atom is -0.377 e. The second-order valence-corrected chi connectivity index (χ2v) is 5.90. The molecule has 18 heavy (non-hydrogen) atoms. The number of hydrogen-bond donors (Lipinski definition) is 1. The Bertz CT molecular complexity index is 246. The molecule has 2 N–H and O–H groups in total. The van der Waals surface area contributed by atoms with E-state index < -0.39 is 0 Å². The van der Waals surface area contributed by atoms with Crippen molar-refractivity contribution in [3.63, 3.8) is 0 Å². The summed E-state index contributed by atoms with van der Waals surface area (Å²) in [5.41, 5.74) is 5.97. The molecule has 0 saturated carbocycles. The molecule has 0 aromatic heterocycles. The van der Waals surface area contributed by atoms with Crippen LogP contribution in [0, 0.1) is 0 Å². The van der Waals surface area contributed by atoms with Gasteiger partial charge in [0, 0.05) is 32.3 Å². The van der Waals surface area contributed by atoms with Crippen LogP contribution in [0.15, 0.2) is 0 Å². The monoisotopic (exact) mass is 258 g/mol. The summed E-state index contributed by atoms with van der Waals surface area (Å²) < 4.78 is 11.2. The molecular weight excluding hydrogens is 228 g/mol. The van der Waals surface area contributed by atoms with Crippen molar-refractivity contribution in [3.05, 3.63) is 0 Å². The van der Waals surface area contributed by atoms with Crippen LogP contribution in [-0.4, -0.2) is 55.5 Å². The van der Waals surface area contributed by atoms with Crippen molar-refractivity contribution in [2.24, 2.45) is 5.73 Å². The molecule has 0 aromatic carbocycles. The lowest BCUT2D eigenvalue weighted by Gasteiger charge is -2.40. The quantitative estimate of drug-likeness (QED) is 0.786. The van der Waals surface area contributed by atoms with Gasteiger partial charge in [-0.1, -0.05) is 6.92 Å². The zero-order valence-electron chi connectivity index (χ0n) is 12.6. The largest absolute Gasteiger partial charge is 0.377 e. The van der Waals surface area contributed by atoms with Gasteiger partial charge in [0.1, 0.15) is 0 Å². The standard InChI is InChI=1S/C14H30N2O2/c1-6-12-10-18-11(2)9-16(12)8-7-13(15)14(3,4)17-5/h11-13H,6-10,15H2,1-5H3. The molecule has 4 heteroatoms. The number of methoxy groups -OCH3 is 1. The summed E-state index contributed by atoms with van der Waals surface area (Å²) in [4.78, 5) is 2.51. The molecule has 0 aromatic rings. The fraction of sp³-hybridized carbons (Fsp3) is 1.00. The molecule has 0 aliphatic carbocycles. The Labute approximate surface area is 112 Å². The van der Waals surface area contributed by atoms with Gasteiger partial charge in [-0.15, -0.1) is 0 Å². The van der Waals surface area contributed by atoms with E-state index >= 15 is 0 Å². The first kappa shape index (κ1) is 15.9. The second-order valence-electron chi connectivity index (χ2n) is 5.90. The fourth-order valence-corrected chi connectivity index (χ4v) is 2.37. The van der Waals surface area contributed by atoms with E-state index in [2.05, 4.69) is 32.6 Å². The van der Waals surface area contributed by atoms with Crippen LogP contribution in [0.4, 0.5) is 0 Å². The number of nitrogens with zero attached hydrogens (tertiary/aromatic N) is 1. The lowest BCUT2D eigenvalue weighted by atomic mass is 9.96. The maximum Gasteiger partial charge on any atom is 0.0773 e. The van der Waals surface area contributed by atoms with E-state index in [4.69, 9.17) is 15.2 Å². The summed E-state index contributed by atoms with van der Waals surface area (Å²) in [5.74, 6) is 0. The first-order valence-corrected chi connectivity index (χ1v) is 7.07. The maximum atomic E-state index is 6.22. The third-order valence-electron chi connectivity index (χ3n) is 4.20. The molecule has 0 bridgehead atoms. The summed E-state index contributed by atoms with van der Waals surface area (Å²) >= 11 is 0. The molecule has 3 atom stereocenters. The van der Waals surface area contributed by atoms with Crippen LogP contribution in [0.1, 0.15) is 40.5 Å². The van der Waals surface area contributed by atoms with Gasteiger partial charge < -0.3 is 15.2 Å². The Morgan fingerprint density at radius 2 is 2.17 bits per heavy atom. The summed E-state index contributed by atoms with van der Waals surface area (Å²) in [6, 6.07) is 0.609. The van der Waals surface area contributed by atoms with Crippen LogP contribution >= 0.6 is 0 Å². The van der Waals surface area contributed by atoms with Crippen LogP contribution in [0.2, 0.25) is 0 Å². The normalized spacial score (nSPS) is 28.3. The van der Waals surface area contributed by atoms with Gasteiger partial charge in [0.25, 0.3) is 0 Å². The molecule has 3 unspecified atom stereocenters. The lowest BCUT2D eigenvalue weighted by Crippen LogP contribution is -2.52. The van der Waals surface area contributed by atoms with Crippen molar-refractivity contribution >= 4 is 0 Å². The topological polar surface area (TPSA) is 47.7 Å². The molecule has 1 saturated heterocycles. The third kappa shape index (κ3) is 4.19. The van der Waals surface area contributed by atoms with Crippen molar-refractivity contribution in [1.29, 1.82) is 0 Å². The van der Waals surface area contributed by atoms with Gasteiger partial charge in [-0.3, -0.25) is 4.90 Å². The Kier molecular flexibility index (Phi) is 6.05. The predicted molar refractivity (Wildman–Crippen MR) is 74.7 cm³/mol. The molecule has 1 fully saturated rings. The molecule has 1 aliphatic rings. The number of hydrogen-bond acceptors (Lipinski definition) is 4. The Morgan fingerprint density at radius 1 is 1.50 bits per heavy atom. The average Bonchev–Trinajstić information content (AvgIpc) is 2.36. The van der Waals surface area contributed by atoms with Crippen molar-refractivity contribution in [1.82, 2.24) is 4.90 Å². The van der Waals surface area contributed by atoms with Crippen LogP contribution in [0.3, 0.4) is 0 Å². The minimum absolute atomic E-state index is 0.0677. The molecule has 0 amide bonds. The van der Waals surface area contributed by atoms with Crippen molar-refractivity contribution in [3.8, 4) is 0 Å². The van der Waals surface area contributed by atoms with E-state index in [1.54, 1.807) is 7.11 Å². The SMILES string of the molecule is CCC1COC(C)CN1CCC(N)C(C)(C)OC. The minimum atomic E-state index is -0.250. The van der Waals surface area contributed by atoms with Gasteiger partial charge in [-0.05, 0) is 33.6 Å². The van der Waals surface area contributed by atoms with Crippen molar-refractivity contribution < 1.29 is 9.47 Å². The first-order valence-electron chi connectivity index (χ1n) is 7.07. The first-order chi connectivity index (χ1) is 8.40. The Hall–Kier alpha value is -0.160. The molecule has 1 aliphatic heterocycles. The van der Waals surface area contributed by atoms with Crippen LogP contribution in [0.5, 0.6) is 0 Å². The Balaban J connectivity index is 2.45. The number of ether oxygens (including phenoxy) is 2. The van der Waals surface area contributed by atoms with E-state index in [0.29, 0.717) is 12.1 Å². The van der Waals surface area contributed by atoms with Crippen LogP contribution < -0.4 is 5.73 Å². The zero-order valence-corrected chi connectivity index (χ0v) is 12.6. The molecule has 108 valence electrons. The van der Waals surface area contributed by atoms with Gasteiger partial charge in [0.2, 0.25) is 0 Å². The smallest absolute Gasteiger partial charge is 0.0773 e. The van der Waals surface area contributed by atoms with Gasteiger partial charge in [0.15, 0.2) is 0 Å². The molecule has 1 rings (SSSR count).